The molecule has 1 unspecified atom stereocenters. The van der Waals surface area contributed by atoms with Crippen LogP contribution in [0.25, 0.3) is 0 Å². The van der Waals surface area contributed by atoms with E-state index in [0.29, 0.717) is 6.54 Å². The Morgan fingerprint density at radius 1 is 1.73 bits per heavy atom. The van der Waals surface area contributed by atoms with E-state index < -0.39 is 6.10 Å². The van der Waals surface area contributed by atoms with Crippen LogP contribution in [-0.2, 0) is 6.54 Å². The molecule has 0 aromatic carbocycles. The molecule has 11 heavy (non-hydrogen) atoms. The molecule has 0 bridgehead atoms. The normalized spacial score (nSPS) is 13.4. The topological polar surface area (TPSA) is 58.3 Å². The number of aliphatic hydroxyl groups excluding tert-OH is 2. The van der Waals surface area contributed by atoms with Crippen LogP contribution < -0.4 is 0 Å². The van der Waals surface area contributed by atoms with Gasteiger partial charge in [-0.3, -0.25) is 4.68 Å². The molecular formula is C7H12N2O2. The maximum absolute atomic E-state index is 9.04. The molecule has 62 valence electrons. The van der Waals surface area contributed by atoms with Crippen molar-refractivity contribution in [1.29, 1.82) is 0 Å². The van der Waals surface area contributed by atoms with Crippen molar-refractivity contribution >= 4 is 0 Å². The Morgan fingerprint density at radius 2 is 2.45 bits per heavy atom. The van der Waals surface area contributed by atoms with Gasteiger partial charge in [0.05, 0.1) is 19.3 Å². The van der Waals surface area contributed by atoms with Crippen LogP contribution in [0.15, 0.2) is 12.3 Å². The van der Waals surface area contributed by atoms with E-state index >= 15 is 0 Å². The molecule has 0 spiro atoms. The summed E-state index contributed by atoms with van der Waals surface area (Å²) in [6.07, 6.45) is 0.952. The Hall–Kier alpha value is -0.870. The Bertz CT molecular complexity index is 222. The van der Waals surface area contributed by atoms with Gasteiger partial charge in [0.1, 0.15) is 0 Å². The summed E-state index contributed by atoms with van der Waals surface area (Å²) in [7, 11) is 0. The van der Waals surface area contributed by atoms with Gasteiger partial charge < -0.3 is 10.2 Å². The molecule has 4 nitrogen and oxygen atoms in total. The van der Waals surface area contributed by atoms with Crippen molar-refractivity contribution in [2.45, 2.75) is 19.6 Å². The maximum Gasteiger partial charge on any atom is 0.0966 e. The smallest absolute Gasteiger partial charge is 0.0966 e. The minimum Gasteiger partial charge on any atom is -0.394 e. The minimum absolute atomic E-state index is 0.223. The SMILES string of the molecule is Cc1ccnn1CC(O)CO. The molecule has 0 radical (unpaired) electrons. The average molecular weight is 156 g/mol. The van der Waals surface area contributed by atoms with Gasteiger partial charge in [0.2, 0.25) is 0 Å². The lowest BCUT2D eigenvalue weighted by Gasteiger charge is -2.08. The summed E-state index contributed by atoms with van der Waals surface area (Å²) in [4.78, 5) is 0. The quantitative estimate of drug-likeness (QED) is 0.623. The second kappa shape index (κ2) is 3.50. The molecule has 0 fully saturated rings. The number of hydrogen-bond acceptors (Lipinski definition) is 3. The summed E-state index contributed by atoms with van der Waals surface area (Å²) in [5, 5.41) is 21.5. The van der Waals surface area contributed by atoms with Crippen molar-refractivity contribution in [1.82, 2.24) is 9.78 Å². The third kappa shape index (κ3) is 2.03. The molecule has 0 aliphatic rings. The maximum atomic E-state index is 9.04. The molecule has 2 N–H and O–H groups in total. The second-order valence-electron chi connectivity index (χ2n) is 2.49. The Balaban J connectivity index is 2.56. The van der Waals surface area contributed by atoms with Crippen LogP contribution in [0.1, 0.15) is 5.69 Å². The zero-order chi connectivity index (χ0) is 8.27. The summed E-state index contributed by atoms with van der Waals surface area (Å²) < 4.78 is 1.65. The summed E-state index contributed by atoms with van der Waals surface area (Å²) in [5.74, 6) is 0. The van der Waals surface area contributed by atoms with E-state index in [4.69, 9.17) is 10.2 Å². The van der Waals surface area contributed by atoms with Crippen molar-refractivity contribution in [3.8, 4) is 0 Å². The summed E-state index contributed by atoms with van der Waals surface area (Å²) >= 11 is 0. The van der Waals surface area contributed by atoms with Gasteiger partial charge in [-0.1, -0.05) is 0 Å². The highest BCUT2D eigenvalue weighted by molar-refractivity contribution is 4.96. The Labute approximate surface area is 65.1 Å². The minimum atomic E-state index is -0.714. The van der Waals surface area contributed by atoms with E-state index in [1.807, 2.05) is 13.0 Å². The molecule has 1 aromatic rings. The first-order valence-electron chi connectivity index (χ1n) is 3.51. The van der Waals surface area contributed by atoms with Crippen LogP contribution in [0.2, 0.25) is 0 Å². The Morgan fingerprint density at radius 3 is 2.91 bits per heavy atom. The van der Waals surface area contributed by atoms with Crippen LogP contribution >= 0.6 is 0 Å². The fraction of sp³-hybridized carbons (Fsp3) is 0.571. The fourth-order valence-corrected chi connectivity index (χ4v) is 0.847. The highest BCUT2D eigenvalue weighted by Gasteiger charge is 2.04. The zero-order valence-electron chi connectivity index (χ0n) is 6.44. The molecule has 0 aliphatic heterocycles. The van der Waals surface area contributed by atoms with Crippen LogP contribution in [0, 0.1) is 6.92 Å². The largest absolute Gasteiger partial charge is 0.394 e. The highest BCUT2D eigenvalue weighted by Crippen LogP contribution is 1.97. The van der Waals surface area contributed by atoms with Gasteiger partial charge in [-0.05, 0) is 13.0 Å². The van der Waals surface area contributed by atoms with Gasteiger partial charge in [0, 0.05) is 11.9 Å². The van der Waals surface area contributed by atoms with Gasteiger partial charge in [-0.25, -0.2) is 0 Å². The zero-order valence-corrected chi connectivity index (χ0v) is 6.44. The van der Waals surface area contributed by atoms with E-state index in [9.17, 15) is 0 Å². The fourth-order valence-electron chi connectivity index (χ4n) is 0.847. The van der Waals surface area contributed by atoms with Gasteiger partial charge in [0.15, 0.2) is 0 Å². The molecule has 1 aromatic heterocycles. The molecule has 0 saturated carbocycles. The van der Waals surface area contributed by atoms with Gasteiger partial charge >= 0.3 is 0 Å². The van der Waals surface area contributed by atoms with Crippen LogP contribution in [-0.4, -0.2) is 32.7 Å². The van der Waals surface area contributed by atoms with E-state index in [2.05, 4.69) is 5.10 Å². The van der Waals surface area contributed by atoms with Crippen molar-refractivity contribution in [3.05, 3.63) is 18.0 Å². The second-order valence-corrected chi connectivity index (χ2v) is 2.49. The Kier molecular flexibility index (Phi) is 2.62. The molecule has 0 aliphatic carbocycles. The third-order valence-corrected chi connectivity index (χ3v) is 1.52. The summed E-state index contributed by atoms with van der Waals surface area (Å²) in [6, 6.07) is 1.85. The van der Waals surface area contributed by atoms with Crippen molar-refractivity contribution < 1.29 is 10.2 Å². The van der Waals surface area contributed by atoms with Crippen LogP contribution in [0.4, 0.5) is 0 Å². The van der Waals surface area contributed by atoms with E-state index in [0.717, 1.165) is 5.69 Å². The van der Waals surface area contributed by atoms with Gasteiger partial charge in [-0.2, -0.15) is 5.10 Å². The number of rotatable bonds is 3. The van der Waals surface area contributed by atoms with E-state index in [-0.39, 0.29) is 6.61 Å². The van der Waals surface area contributed by atoms with Crippen LogP contribution in [0.3, 0.4) is 0 Å². The first-order chi connectivity index (χ1) is 5.24. The molecule has 1 atom stereocenters. The predicted molar refractivity (Wildman–Crippen MR) is 40.1 cm³/mol. The number of nitrogens with zero attached hydrogens (tertiary/aromatic N) is 2. The lowest BCUT2D eigenvalue weighted by Crippen LogP contribution is -2.21. The lowest BCUT2D eigenvalue weighted by atomic mass is 10.4. The van der Waals surface area contributed by atoms with Crippen molar-refractivity contribution in [3.63, 3.8) is 0 Å². The van der Waals surface area contributed by atoms with Gasteiger partial charge in [0.25, 0.3) is 0 Å². The first kappa shape index (κ1) is 8.23. The van der Waals surface area contributed by atoms with E-state index in [1.165, 1.54) is 0 Å². The number of aromatic nitrogens is 2. The standard InChI is InChI=1S/C7H12N2O2/c1-6-2-3-8-9(6)4-7(11)5-10/h2-3,7,10-11H,4-5H2,1H3. The summed E-state index contributed by atoms with van der Waals surface area (Å²) in [6.45, 7) is 2.03. The molecule has 0 saturated heterocycles. The number of aliphatic hydroxyl groups is 2. The molecule has 0 amide bonds. The van der Waals surface area contributed by atoms with Gasteiger partial charge in [-0.15, -0.1) is 0 Å². The van der Waals surface area contributed by atoms with Crippen LogP contribution in [0.5, 0.6) is 0 Å². The molecule has 1 heterocycles. The number of aryl methyl sites for hydroxylation is 1. The van der Waals surface area contributed by atoms with Crippen molar-refractivity contribution in [2.24, 2.45) is 0 Å². The lowest BCUT2D eigenvalue weighted by molar-refractivity contribution is 0.0777. The monoisotopic (exact) mass is 156 g/mol. The van der Waals surface area contributed by atoms with E-state index in [1.54, 1.807) is 10.9 Å². The summed E-state index contributed by atoms with van der Waals surface area (Å²) in [5.41, 5.74) is 0.984. The van der Waals surface area contributed by atoms with Crippen molar-refractivity contribution in [2.75, 3.05) is 6.61 Å². The first-order valence-corrected chi connectivity index (χ1v) is 3.51. The third-order valence-electron chi connectivity index (χ3n) is 1.52. The average Bonchev–Trinajstić information content (AvgIpc) is 2.37. The highest BCUT2D eigenvalue weighted by atomic mass is 16.3. The molecular weight excluding hydrogens is 144 g/mol. The molecule has 1 rings (SSSR count). The molecule has 4 heteroatoms. The predicted octanol–water partition coefficient (Wildman–Crippen LogP) is -0.455. The number of hydrogen-bond donors (Lipinski definition) is 2.